The van der Waals surface area contributed by atoms with Gasteiger partial charge in [0.25, 0.3) is 5.91 Å². The molecule has 0 unspecified atom stereocenters. The SMILES string of the molecule is CCOC(=O)c1c(NC(=O)c2cc(=O)c3cc(C)c(C)cc3o2)sc(C)c1C. The third-order valence-electron chi connectivity index (χ3n) is 4.66. The van der Waals surface area contributed by atoms with Crippen molar-refractivity contribution >= 4 is 39.2 Å². The average Bonchev–Trinajstić information content (AvgIpc) is 2.90. The summed E-state index contributed by atoms with van der Waals surface area (Å²) in [6.07, 6.45) is 0. The molecule has 0 spiro atoms. The van der Waals surface area contributed by atoms with Crippen LogP contribution in [0.25, 0.3) is 11.0 Å². The molecule has 3 aromatic rings. The van der Waals surface area contributed by atoms with Crippen LogP contribution in [0.5, 0.6) is 0 Å². The second-order valence-electron chi connectivity index (χ2n) is 6.57. The number of amides is 1. The van der Waals surface area contributed by atoms with Crippen LogP contribution in [0.3, 0.4) is 0 Å². The number of ether oxygens (including phenoxy) is 1. The van der Waals surface area contributed by atoms with Crippen LogP contribution in [0.2, 0.25) is 0 Å². The number of hydrogen-bond acceptors (Lipinski definition) is 6. The van der Waals surface area contributed by atoms with Crippen molar-refractivity contribution in [1.82, 2.24) is 0 Å². The Hall–Kier alpha value is -2.93. The summed E-state index contributed by atoms with van der Waals surface area (Å²) >= 11 is 1.28. The first-order valence-corrected chi connectivity index (χ1v) is 9.68. The van der Waals surface area contributed by atoms with E-state index in [1.807, 2.05) is 20.8 Å². The fourth-order valence-electron chi connectivity index (χ4n) is 2.85. The normalized spacial score (nSPS) is 10.9. The number of esters is 1. The van der Waals surface area contributed by atoms with Gasteiger partial charge in [0, 0.05) is 10.9 Å². The fraction of sp³-hybridized carbons (Fsp3) is 0.286. The maximum atomic E-state index is 12.7. The molecule has 0 saturated carbocycles. The van der Waals surface area contributed by atoms with E-state index in [-0.39, 0.29) is 17.8 Å². The van der Waals surface area contributed by atoms with Crippen LogP contribution in [-0.4, -0.2) is 18.5 Å². The van der Waals surface area contributed by atoms with Gasteiger partial charge in [0.1, 0.15) is 10.6 Å². The van der Waals surface area contributed by atoms with Gasteiger partial charge in [0.05, 0.1) is 17.6 Å². The quantitative estimate of drug-likeness (QED) is 0.652. The Morgan fingerprint density at radius 3 is 2.46 bits per heavy atom. The van der Waals surface area contributed by atoms with Crippen LogP contribution in [-0.2, 0) is 4.74 Å². The number of benzene rings is 1. The first-order chi connectivity index (χ1) is 13.2. The minimum absolute atomic E-state index is 0.112. The highest BCUT2D eigenvalue weighted by Crippen LogP contribution is 2.33. The maximum absolute atomic E-state index is 12.7. The van der Waals surface area contributed by atoms with Crippen molar-refractivity contribution < 1.29 is 18.7 Å². The molecule has 7 heteroatoms. The first kappa shape index (κ1) is 19.8. The number of carbonyl (C=O) groups excluding carboxylic acids is 2. The molecule has 1 amide bonds. The highest BCUT2D eigenvalue weighted by molar-refractivity contribution is 7.16. The van der Waals surface area contributed by atoms with E-state index in [2.05, 4.69) is 5.32 Å². The lowest BCUT2D eigenvalue weighted by molar-refractivity contribution is 0.0527. The number of rotatable bonds is 4. The Labute approximate surface area is 166 Å². The van der Waals surface area contributed by atoms with E-state index in [9.17, 15) is 14.4 Å². The number of hydrogen-bond donors (Lipinski definition) is 1. The molecule has 0 aliphatic heterocycles. The minimum Gasteiger partial charge on any atom is -0.462 e. The number of anilines is 1. The molecule has 1 aromatic carbocycles. The van der Waals surface area contributed by atoms with Crippen molar-refractivity contribution in [2.24, 2.45) is 0 Å². The molecule has 0 aliphatic carbocycles. The third-order valence-corrected chi connectivity index (χ3v) is 5.78. The van der Waals surface area contributed by atoms with E-state index in [0.29, 0.717) is 21.5 Å². The van der Waals surface area contributed by atoms with Gasteiger partial charge in [-0.1, -0.05) is 0 Å². The van der Waals surface area contributed by atoms with E-state index in [0.717, 1.165) is 21.6 Å². The van der Waals surface area contributed by atoms with Crippen LogP contribution in [0.4, 0.5) is 5.00 Å². The van der Waals surface area contributed by atoms with Crippen molar-refractivity contribution in [3.05, 3.63) is 61.3 Å². The van der Waals surface area contributed by atoms with Gasteiger partial charge in [0.15, 0.2) is 11.2 Å². The van der Waals surface area contributed by atoms with Crippen molar-refractivity contribution in [2.75, 3.05) is 11.9 Å². The van der Waals surface area contributed by atoms with Gasteiger partial charge in [-0.15, -0.1) is 11.3 Å². The van der Waals surface area contributed by atoms with Crippen LogP contribution in [0.1, 0.15) is 49.4 Å². The van der Waals surface area contributed by atoms with Crippen molar-refractivity contribution in [2.45, 2.75) is 34.6 Å². The Morgan fingerprint density at radius 2 is 1.79 bits per heavy atom. The second kappa shape index (κ2) is 7.59. The fourth-order valence-corrected chi connectivity index (χ4v) is 3.90. The lowest BCUT2D eigenvalue weighted by Crippen LogP contribution is -2.17. The Morgan fingerprint density at radius 1 is 1.11 bits per heavy atom. The lowest BCUT2D eigenvalue weighted by Gasteiger charge is -2.08. The molecular weight excluding hydrogens is 378 g/mol. The van der Waals surface area contributed by atoms with E-state index < -0.39 is 11.9 Å². The van der Waals surface area contributed by atoms with Gasteiger partial charge in [-0.2, -0.15) is 0 Å². The third kappa shape index (κ3) is 3.57. The van der Waals surface area contributed by atoms with E-state index in [1.54, 1.807) is 26.0 Å². The molecule has 6 nitrogen and oxygen atoms in total. The zero-order valence-corrected chi connectivity index (χ0v) is 17.2. The molecule has 0 saturated heterocycles. The summed E-state index contributed by atoms with van der Waals surface area (Å²) < 4.78 is 10.8. The van der Waals surface area contributed by atoms with Gasteiger partial charge >= 0.3 is 5.97 Å². The highest BCUT2D eigenvalue weighted by Gasteiger charge is 2.23. The van der Waals surface area contributed by atoms with Gasteiger partial charge < -0.3 is 14.5 Å². The molecule has 0 radical (unpaired) electrons. The van der Waals surface area contributed by atoms with Crippen molar-refractivity contribution in [1.29, 1.82) is 0 Å². The number of carbonyl (C=O) groups is 2. The lowest BCUT2D eigenvalue weighted by atomic mass is 10.1. The molecular formula is C21H21NO5S. The predicted molar refractivity (Wildman–Crippen MR) is 110 cm³/mol. The molecule has 146 valence electrons. The predicted octanol–water partition coefficient (Wildman–Crippen LogP) is 4.52. The number of nitrogens with one attached hydrogen (secondary N) is 1. The monoisotopic (exact) mass is 399 g/mol. The summed E-state index contributed by atoms with van der Waals surface area (Å²) in [4.78, 5) is 38.3. The summed E-state index contributed by atoms with van der Waals surface area (Å²) in [7, 11) is 0. The van der Waals surface area contributed by atoms with E-state index >= 15 is 0 Å². The number of thiophene rings is 1. The first-order valence-electron chi connectivity index (χ1n) is 8.86. The van der Waals surface area contributed by atoms with E-state index in [4.69, 9.17) is 9.15 Å². The number of aryl methyl sites for hydroxylation is 3. The van der Waals surface area contributed by atoms with Gasteiger partial charge in [-0.25, -0.2) is 4.79 Å². The topological polar surface area (TPSA) is 85.6 Å². The molecule has 0 atom stereocenters. The minimum atomic E-state index is -0.593. The number of fused-ring (bicyclic) bond motifs is 1. The smallest absolute Gasteiger partial charge is 0.341 e. The molecule has 0 fully saturated rings. The summed E-state index contributed by atoms with van der Waals surface area (Å²) in [6, 6.07) is 4.67. The van der Waals surface area contributed by atoms with Gasteiger partial charge in [0.2, 0.25) is 0 Å². The standard InChI is InChI=1S/C21H21NO5S/c1-6-26-21(25)18-12(4)13(5)28-20(18)22-19(24)17-9-15(23)14-7-10(2)11(3)8-16(14)27-17/h7-9H,6H2,1-5H3,(H,22,24). The molecule has 28 heavy (non-hydrogen) atoms. The maximum Gasteiger partial charge on any atom is 0.341 e. The molecule has 2 heterocycles. The van der Waals surface area contributed by atoms with Gasteiger partial charge in [-0.3, -0.25) is 9.59 Å². The zero-order valence-electron chi connectivity index (χ0n) is 16.4. The van der Waals surface area contributed by atoms with Crippen LogP contribution in [0.15, 0.2) is 27.4 Å². The average molecular weight is 399 g/mol. The summed E-state index contributed by atoms with van der Waals surface area (Å²) in [5.74, 6) is -1.20. The largest absolute Gasteiger partial charge is 0.462 e. The molecule has 2 aromatic heterocycles. The Balaban J connectivity index is 2.00. The van der Waals surface area contributed by atoms with E-state index in [1.165, 1.54) is 17.4 Å². The Kier molecular flexibility index (Phi) is 5.38. The summed E-state index contributed by atoms with van der Waals surface area (Å²) in [5.41, 5.74) is 3.07. The second-order valence-corrected chi connectivity index (χ2v) is 7.79. The highest BCUT2D eigenvalue weighted by atomic mass is 32.1. The molecule has 3 rings (SSSR count). The summed E-state index contributed by atoms with van der Waals surface area (Å²) in [5, 5.41) is 3.49. The summed E-state index contributed by atoms with van der Waals surface area (Å²) in [6.45, 7) is 9.43. The van der Waals surface area contributed by atoms with Crippen LogP contribution < -0.4 is 10.7 Å². The van der Waals surface area contributed by atoms with Crippen LogP contribution >= 0.6 is 11.3 Å². The van der Waals surface area contributed by atoms with Gasteiger partial charge in [-0.05, 0) is 63.4 Å². The Bertz CT molecular complexity index is 1160. The van der Waals surface area contributed by atoms with Crippen molar-refractivity contribution in [3.63, 3.8) is 0 Å². The van der Waals surface area contributed by atoms with Crippen molar-refractivity contribution in [3.8, 4) is 0 Å². The van der Waals surface area contributed by atoms with Crippen LogP contribution in [0, 0.1) is 27.7 Å². The molecule has 0 aliphatic rings. The molecule has 1 N–H and O–H groups in total. The zero-order chi connectivity index (χ0) is 20.6. The molecule has 0 bridgehead atoms.